The molecule has 1 aromatic heterocycles. The molecule has 0 aliphatic heterocycles. The summed E-state index contributed by atoms with van der Waals surface area (Å²) in [7, 11) is 0. The van der Waals surface area contributed by atoms with Crippen molar-refractivity contribution in [1.82, 2.24) is 14.8 Å². The van der Waals surface area contributed by atoms with E-state index >= 15 is 0 Å². The zero-order valence-electron chi connectivity index (χ0n) is 10.8. The van der Waals surface area contributed by atoms with Crippen molar-refractivity contribution in [3.8, 4) is 0 Å². The van der Waals surface area contributed by atoms with Gasteiger partial charge in [0.15, 0.2) is 0 Å². The Balaban J connectivity index is 2.20. The smallest absolute Gasteiger partial charge is 0.138 e. The quantitative estimate of drug-likeness (QED) is 0.776. The molecule has 0 spiro atoms. The van der Waals surface area contributed by atoms with Crippen LogP contribution in [0, 0.1) is 6.92 Å². The molecule has 0 fully saturated rings. The lowest BCUT2D eigenvalue weighted by atomic mass is 9.96. The Morgan fingerprint density at radius 3 is 2.89 bits per heavy atom. The fourth-order valence-electron chi connectivity index (χ4n) is 2.12. The normalized spacial score (nSPS) is 12.6. The van der Waals surface area contributed by atoms with E-state index in [0.29, 0.717) is 11.8 Å². The van der Waals surface area contributed by atoms with Gasteiger partial charge in [0.25, 0.3) is 0 Å². The Morgan fingerprint density at radius 2 is 2.22 bits per heavy atom. The van der Waals surface area contributed by atoms with Gasteiger partial charge >= 0.3 is 0 Å². The summed E-state index contributed by atoms with van der Waals surface area (Å²) in [6, 6.07) is 8.50. The lowest BCUT2D eigenvalue weighted by Crippen LogP contribution is -2.11. The van der Waals surface area contributed by atoms with Crippen LogP contribution in [0.15, 0.2) is 30.6 Å². The summed E-state index contributed by atoms with van der Waals surface area (Å²) >= 11 is 6.11. The van der Waals surface area contributed by atoms with Crippen LogP contribution in [0.5, 0.6) is 0 Å². The van der Waals surface area contributed by atoms with Gasteiger partial charge in [0.1, 0.15) is 12.2 Å². The molecule has 3 nitrogen and oxygen atoms in total. The highest BCUT2D eigenvalue weighted by molar-refractivity contribution is 6.18. The Bertz CT molecular complexity index is 507. The van der Waals surface area contributed by atoms with Crippen LogP contribution in [0.2, 0.25) is 0 Å². The predicted molar refractivity (Wildman–Crippen MR) is 74.0 cm³/mol. The van der Waals surface area contributed by atoms with Crippen molar-refractivity contribution in [2.24, 2.45) is 0 Å². The molecule has 2 rings (SSSR count). The third-order valence-electron chi connectivity index (χ3n) is 3.12. The Kier molecular flexibility index (Phi) is 4.37. The minimum atomic E-state index is 0.293. The number of halogens is 1. The molecular weight excluding hydrogens is 246 g/mol. The van der Waals surface area contributed by atoms with Crippen LogP contribution in [-0.4, -0.2) is 20.6 Å². The lowest BCUT2D eigenvalue weighted by molar-refractivity contribution is 0.590. The van der Waals surface area contributed by atoms with Crippen LogP contribution in [0.4, 0.5) is 0 Å². The van der Waals surface area contributed by atoms with Gasteiger partial charge in [-0.3, -0.25) is 4.68 Å². The zero-order chi connectivity index (χ0) is 13.0. The van der Waals surface area contributed by atoms with Crippen LogP contribution in [0.25, 0.3) is 0 Å². The SMILES string of the molecule is CCn1ncnc1CC(CCl)c1cccc(C)c1. The number of benzene rings is 1. The average molecular weight is 264 g/mol. The number of rotatable bonds is 5. The first-order valence-corrected chi connectivity index (χ1v) is 6.77. The number of hydrogen-bond donors (Lipinski definition) is 0. The fourth-order valence-corrected chi connectivity index (χ4v) is 2.40. The van der Waals surface area contributed by atoms with Gasteiger partial charge in [-0.2, -0.15) is 5.10 Å². The Hall–Kier alpha value is -1.35. The Morgan fingerprint density at radius 1 is 1.39 bits per heavy atom. The highest BCUT2D eigenvalue weighted by Gasteiger charge is 2.14. The van der Waals surface area contributed by atoms with Gasteiger partial charge in [0.05, 0.1) is 0 Å². The molecule has 0 saturated heterocycles. The summed E-state index contributed by atoms with van der Waals surface area (Å²) in [6.07, 6.45) is 2.45. The Labute approximate surface area is 113 Å². The van der Waals surface area contributed by atoms with Gasteiger partial charge in [-0.05, 0) is 19.4 Å². The van der Waals surface area contributed by atoms with E-state index in [1.165, 1.54) is 11.1 Å². The van der Waals surface area contributed by atoms with Crippen molar-refractivity contribution < 1.29 is 0 Å². The molecule has 1 atom stereocenters. The van der Waals surface area contributed by atoms with E-state index < -0.39 is 0 Å². The van der Waals surface area contributed by atoms with E-state index in [-0.39, 0.29) is 0 Å². The topological polar surface area (TPSA) is 30.7 Å². The van der Waals surface area contributed by atoms with E-state index in [1.54, 1.807) is 6.33 Å². The third kappa shape index (κ3) is 2.91. The molecule has 0 N–H and O–H groups in total. The monoisotopic (exact) mass is 263 g/mol. The highest BCUT2D eigenvalue weighted by Crippen LogP contribution is 2.22. The fraction of sp³-hybridized carbons (Fsp3) is 0.429. The largest absolute Gasteiger partial charge is 0.250 e. The molecule has 2 aromatic rings. The summed E-state index contributed by atoms with van der Waals surface area (Å²) in [5.41, 5.74) is 2.54. The van der Waals surface area contributed by atoms with E-state index in [9.17, 15) is 0 Å². The second-order valence-corrected chi connectivity index (χ2v) is 4.77. The van der Waals surface area contributed by atoms with Crippen molar-refractivity contribution in [2.45, 2.75) is 32.7 Å². The van der Waals surface area contributed by atoms with E-state index in [2.05, 4.69) is 48.2 Å². The molecule has 1 unspecified atom stereocenters. The maximum atomic E-state index is 6.11. The first kappa shape index (κ1) is 13.1. The molecule has 18 heavy (non-hydrogen) atoms. The first-order valence-electron chi connectivity index (χ1n) is 6.23. The second kappa shape index (κ2) is 6.01. The minimum Gasteiger partial charge on any atom is -0.250 e. The molecule has 0 radical (unpaired) electrons. The molecule has 0 aliphatic carbocycles. The molecule has 0 saturated carbocycles. The third-order valence-corrected chi connectivity index (χ3v) is 3.50. The molecule has 0 amide bonds. The molecule has 96 valence electrons. The molecule has 1 aromatic carbocycles. The van der Waals surface area contributed by atoms with Crippen LogP contribution < -0.4 is 0 Å². The number of alkyl halides is 1. The molecule has 0 bridgehead atoms. The van der Waals surface area contributed by atoms with Gasteiger partial charge in [-0.15, -0.1) is 11.6 Å². The molecule has 1 heterocycles. The number of nitrogens with zero attached hydrogens (tertiary/aromatic N) is 3. The lowest BCUT2D eigenvalue weighted by Gasteiger charge is -2.14. The summed E-state index contributed by atoms with van der Waals surface area (Å²) in [4.78, 5) is 4.32. The van der Waals surface area contributed by atoms with E-state index in [4.69, 9.17) is 11.6 Å². The van der Waals surface area contributed by atoms with Gasteiger partial charge in [-0.25, -0.2) is 4.98 Å². The molecule has 0 aliphatic rings. The van der Waals surface area contributed by atoms with Gasteiger partial charge in [0.2, 0.25) is 0 Å². The number of aromatic nitrogens is 3. The van der Waals surface area contributed by atoms with Crippen molar-refractivity contribution in [3.05, 3.63) is 47.5 Å². The van der Waals surface area contributed by atoms with Crippen LogP contribution >= 0.6 is 11.6 Å². The minimum absolute atomic E-state index is 0.293. The average Bonchev–Trinajstić information content (AvgIpc) is 2.83. The second-order valence-electron chi connectivity index (χ2n) is 4.46. The van der Waals surface area contributed by atoms with Crippen LogP contribution in [0.3, 0.4) is 0 Å². The maximum Gasteiger partial charge on any atom is 0.138 e. The molecular formula is C14H18ClN3. The van der Waals surface area contributed by atoms with E-state index in [1.807, 2.05) is 4.68 Å². The van der Waals surface area contributed by atoms with Crippen molar-refractivity contribution >= 4 is 11.6 Å². The maximum absolute atomic E-state index is 6.11. The van der Waals surface area contributed by atoms with Crippen molar-refractivity contribution in [3.63, 3.8) is 0 Å². The summed E-state index contributed by atoms with van der Waals surface area (Å²) in [5.74, 6) is 1.89. The number of hydrogen-bond acceptors (Lipinski definition) is 2. The van der Waals surface area contributed by atoms with Crippen molar-refractivity contribution in [1.29, 1.82) is 0 Å². The van der Waals surface area contributed by atoms with Crippen LogP contribution in [0.1, 0.15) is 29.8 Å². The summed E-state index contributed by atoms with van der Waals surface area (Å²) < 4.78 is 1.93. The standard InChI is InChI=1S/C14H18ClN3/c1-3-18-14(16-10-17-18)8-13(9-15)12-6-4-5-11(2)7-12/h4-7,10,13H,3,8-9H2,1-2H3. The van der Waals surface area contributed by atoms with Gasteiger partial charge in [-0.1, -0.05) is 29.8 Å². The molecule has 4 heteroatoms. The summed E-state index contributed by atoms with van der Waals surface area (Å²) in [6.45, 7) is 5.02. The van der Waals surface area contributed by atoms with Crippen LogP contribution in [-0.2, 0) is 13.0 Å². The highest BCUT2D eigenvalue weighted by atomic mass is 35.5. The number of aryl methyl sites for hydroxylation is 2. The first-order chi connectivity index (χ1) is 8.74. The van der Waals surface area contributed by atoms with E-state index in [0.717, 1.165) is 18.8 Å². The van der Waals surface area contributed by atoms with Gasteiger partial charge < -0.3 is 0 Å². The van der Waals surface area contributed by atoms with Gasteiger partial charge in [0, 0.05) is 24.8 Å². The summed E-state index contributed by atoms with van der Waals surface area (Å²) in [5, 5.41) is 4.20. The van der Waals surface area contributed by atoms with Crippen molar-refractivity contribution in [2.75, 3.05) is 5.88 Å². The zero-order valence-corrected chi connectivity index (χ0v) is 11.6. The predicted octanol–water partition coefficient (Wildman–Crippen LogP) is 3.17.